The zero-order valence-electron chi connectivity index (χ0n) is 21.5. The lowest BCUT2D eigenvalue weighted by molar-refractivity contribution is 0.0735. The summed E-state index contributed by atoms with van der Waals surface area (Å²) in [5, 5.41) is 39.8. The average molecular weight is 554 g/mol. The number of aromatic nitrogens is 4. The van der Waals surface area contributed by atoms with Crippen molar-refractivity contribution in [3.63, 3.8) is 0 Å². The lowest BCUT2D eigenvalue weighted by atomic mass is 10.1. The van der Waals surface area contributed by atoms with Gasteiger partial charge in [-0.25, -0.2) is 9.78 Å². The first kappa shape index (κ1) is 28.0. The Morgan fingerprint density at radius 3 is 2.60 bits per heavy atom. The zero-order valence-corrected chi connectivity index (χ0v) is 22.3. The number of aliphatic hydroxyl groups is 1. The minimum atomic E-state index is -0.864. The molecule has 1 atom stereocenters. The van der Waals surface area contributed by atoms with E-state index < -0.39 is 11.9 Å². The molecular formula is C28H23N7O4S. The molecule has 12 heteroatoms. The molecule has 2 heterocycles. The van der Waals surface area contributed by atoms with E-state index in [0.717, 1.165) is 0 Å². The van der Waals surface area contributed by atoms with Crippen LogP contribution in [0, 0.1) is 29.6 Å². The number of benzene rings is 2. The molecule has 40 heavy (non-hydrogen) atoms. The molecule has 0 aliphatic rings. The normalized spacial score (nSPS) is 11.2. The molecule has 0 fully saturated rings. The summed E-state index contributed by atoms with van der Waals surface area (Å²) >= 11 is 1.33. The fourth-order valence-electron chi connectivity index (χ4n) is 3.59. The number of amides is 1. The number of carbonyl (C=O) groups is 2. The van der Waals surface area contributed by atoms with Crippen molar-refractivity contribution in [2.45, 2.75) is 30.5 Å². The molecule has 0 spiro atoms. The van der Waals surface area contributed by atoms with Gasteiger partial charge in [0.2, 0.25) is 0 Å². The summed E-state index contributed by atoms with van der Waals surface area (Å²) in [7, 11) is 0. The summed E-state index contributed by atoms with van der Waals surface area (Å²) in [5.74, 6) is -1.45. The first-order valence-corrected chi connectivity index (χ1v) is 13.0. The monoisotopic (exact) mass is 553 g/mol. The van der Waals surface area contributed by atoms with E-state index in [4.69, 9.17) is 9.84 Å². The molecule has 2 aromatic carbocycles. The van der Waals surface area contributed by atoms with Crippen LogP contribution in [0.15, 0.2) is 65.8 Å². The number of aliphatic hydroxyl groups excluding tert-OH is 1. The van der Waals surface area contributed by atoms with Crippen molar-refractivity contribution in [3.8, 4) is 23.6 Å². The van der Waals surface area contributed by atoms with E-state index in [1.54, 1.807) is 19.1 Å². The number of thioether (sulfide) groups is 1. The van der Waals surface area contributed by atoms with Crippen LogP contribution in [0.2, 0.25) is 0 Å². The number of nitrogens with zero attached hydrogens (tertiary/aromatic N) is 6. The Balaban J connectivity index is 1.57. The number of hydrogen-bond donors (Lipinski definition) is 2. The van der Waals surface area contributed by atoms with Crippen LogP contribution >= 0.6 is 11.8 Å². The van der Waals surface area contributed by atoms with E-state index in [9.17, 15) is 20.1 Å². The van der Waals surface area contributed by atoms with Gasteiger partial charge >= 0.3 is 5.97 Å². The predicted octanol–water partition coefficient (Wildman–Crippen LogP) is 4.05. The highest BCUT2D eigenvalue weighted by molar-refractivity contribution is 7.99. The number of esters is 1. The average Bonchev–Trinajstić information content (AvgIpc) is 3.36. The van der Waals surface area contributed by atoms with Crippen LogP contribution in [0.1, 0.15) is 51.0 Å². The molecule has 0 aliphatic heterocycles. The fraction of sp³-hybridized carbons (Fsp3) is 0.179. The second-order valence-corrected chi connectivity index (χ2v) is 9.98. The Hall–Kier alpha value is -5.04. The fourth-order valence-corrected chi connectivity index (χ4v) is 4.54. The molecule has 2 aromatic heterocycles. The van der Waals surface area contributed by atoms with Crippen LogP contribution in [0.25, 0.3) is 5.69 Å². The number of ether oxygens (including phenoxy) is 1. The first-order valence-electron chi connectivity index (χ1n) is 12.1. The highest BCUT2D eigenvalue weighted by Gasteiger charge is 2.22. The second-order valence-electron chi connectivity index (χ2n) is 8.55. The van der Waals surface area contributed by atoms with Gasteiger partial charge in [-0.2, -0.15) is 20.4 Å². The molecule has 1 amide bonds. The SMILES string of the molecule is Cc1nn(-c2ccccc2)nc1C(=O)Nc1ccc(C#N)cc1C(=O)Oc1cnc(SC(C)CCO)c(C#N)c1. The number of pyridine rings is 1. The van der Waals surface area contributed by atoms with Crippen molar-refractivity contribution >= 4 is 29.3 Å². The van der Waals surface area contributed by atoms with Gasteiger partial charge in [0, 0.05) is 17.9 Å². The molecule has 11 nitrogen and oxygen atoms in total. The third-order valence-corrected chi connectivity index (χ3v) is 6.79. The quantitative estimate of drug-likeness (QED) is 0.228. The number of rotatable bonds is 9. The Bertz CT molecular complexity index is 1640. The Morgan fingerprint density at radius 1 is 1.12 bits per heavy atom. The third kappa shape index (κ3) is 6.50. The number of nitrogens with one attached hydrogen (secondary N) is 1. The summed E-state index contributed by atoms with van der Waals surface area (Å²) < 4.78 is 5.47. The van der Waals surface area contributed by atoms with Crippen LogP contribution < -0.4 is 10.1 Å². The van der Waals surface area contributed by atoms with Crippen molar-refractivity contribution in [2.75, 3.05) is 11.9 Å². The van der Waals surface area contributed by atoms with E-state index in [0.29, 0.717) is 22.8 Å². The van der Waals surface area contributed by atoms with Crippen LogP contribution in [0.3, 0.4) is 0 Å². The number of hydrogen-bond acceptors (Lipinski definition) is 10. The number of para-hydroxylation sites is 1. The van der Waals surface area contributed by atoms with Gasteiger partial charge in [0.25, 0.3) is 5.91 Å². The van der Waals surface area contributed by atoms with Crippen molar-refractivity contribution in [1.82, 2.24) is 20.0 Å². The predicted molar refractivity (Wildman–Crippen MR) is 146 cm³/mol. The minimum Gasteiger partial charge on any atom is -0.421 e. The van der Waals surface area contributed by atoms with Gasteiger partial charge < -0.3 is 15.2 Å². The third-order valence-electron chi connectivity index (χ3n) is 5.61. The molecule has 0 saturated heterocycles. The number of carbonyl (C=O) groups excluding carboxylic acids is 2. The van der Waals surface area contributed by atoms with Crippen molar-refractivity contribution in [1.29, 1.82) is 10.5 Å². The number of aryl methyl sites for hydroxylation is 1. The summed E-state index contributed by atoms with van der Waals surface area (Å²) in [5.41, 5.74) is 1.51. The van der Waals surface area contributed by atoms with Gasteiger partial charge in [0.1, 0.15) is 11.1 Å². The minimum absolute atomic E-state index is 0.0113. The maximum atomic E-state index is 13.2. The lowest BCUT2D eigenvalue weighted by Crippen LogP contribution is -2.18. The lowest BCUT2D eigenvalue weighted by Gasteiger charge is -2.12. The molecule has 2 N–H and O–H groups in total. The molecule has 0 aliphatic carbocycles. The topological polar surface area (TPSA) is 167 Å². The number of anilines is 1. The molecule has 1 unspecified atom stereocenters. The molecular weight excluding hydrogens is 530 g/mol. The van der Waals surface area contributed by atoms with E-state index in [1.165, 1.54) is 47.0 Å². The summed E-state index contributed by atoms with van der Waals surface area (Å²) in [6, 6.07) is 18.6. The zero-order chi connectivity index (χ0) is 28.6. The summed E-state index contributed by atoms with van der Waals surface area (Å²) in [6.45, 7) is 3.55. The van der Waals surface area contributed by atoms with Crippen LogP contribution in [-0.4, -0.2) is 48.8 Å². The molecule has 4 rings (SSSR count). The van der Waals surface area contributed by atoms with Gasteiger partial charge in [-0.05, 0) is 43.7 Å². The van der Waals surface area contributed by atoms with Crippen molar-refractivity contribution < 1.29 is 19.4 Å². The highest BCUT2D eigenvalue weighted by Crippen LogP contribution is 2.29. The van der Waals surface area contributed by atoms with Gasteiger partial charge in [-0.1, -0.05) is 25.1 Å². The van der Waals surface area contributed by atoms with Gasteiger partial charge in [0.05, 0.1) is 46.0 Å². The number of nitriles is 2. The Kier molecular flexibility index (Phi) is 8.86. The summed E-state index contributed by atoms with van der Waals surface area (Å²) in [4.78, 5) is 31.9. The molecule has 0 bridgehead atoms. The van der Waals surface area contributed by atoms with E-state index in [2.05, 4.69) is 20.5 Å². The van der Waals surface area contributed by atoms with Crippen LogP contribution in [0.5, 0.6) is 5.75 Å². The van der Waals surface area contributed by atoms with Gasteiger partial charge in [-0.15, -0.1) is 16.9 Å². The molecule has 0 saturated carbocycles. The van der Waals surface area contributed by atoms with Crippen LogP contribution in [0.4, 0.5) is 5.69 Å². The maximum absolute atomic E-state index is 13.2. The van der Waals surface area contributed by atoms with E-state index in [-0.39, 0.29) is 45.7 Å². The highest BCUT2D eigenvalue weighted by atomic mass is 32.2. The first-order chi connectivity index (χ1) is 19.3. The van der Waals surface area contributed by atoms with Gasteiger partial charge in [0.15, 0.2) is 11.4 Å². The van der Waals surface area contributed by atoms with E-state index in [1.807, 2.05) is 37.3 Å². The van der Waals surface area contributed by atoms with Crippen molar-refractivity contribution in [3.05, 3.63) is 88.9 Å². The Labute approximate surface area is 234 Å². The second kappa shape index (κ2) is 12.7. The van der Waals surface area contributed by atoms with Crippen LogP contribution in [-0.2, 0) is 0 Å². The Morgan fingerprint density at radius 2 is 1.90 bits per heavy atom. The van der Waals surface area contributed by atoms with Crippen molar-refractivity contribution in [2.24, 2.45) is 0 Å². The molecule has 0 radical (unpaired) electrons. The summed E-state index contributed by atoms with van der Waals surface area (Å²) in [6.07, 6.45) is 1.84. The standard InChI is InChI=1S/C28H23N7O4S/c1-17(10-11-36)40-27-20(15-30)13-22(16-31-27)39-28(38)23-12-19(14-29)8-9-24(23)32-26(37)25-18(2)33-35(34-25)21-6-4-3-5-7-21/h3-9,12-13,16-17,36H,10-11H2,1-2H3,(H,32,37). The maximum Gasteiger partial charge on any atom is 0.345 e. The van der Waals surface area contributed by atoms with E-state index >= 15 is 0 Å². The molecule has 200 valence electrons. The smallest absolute Gasteiger partial charge is 0.345 e. The largest absolute Gasteiger partial charge is 0.421 e. The molecule has 4 aromatic rings. The van der Waals surface area contributed by atoms with Gasteiger partial charge in [-0.3, -0.25) is 4.79 Å².